The summed E-state index contributed by atoms with van der Waals surface area (Å²) in [4.78, 5) is 16.4. The number of esters is 1. The topological polar surface area (TPSA) is 44.8 Å². The van der Waals surface area contributed by atoms with Gasteiger partial charge in [-0.25, -0.2) is 0 Å². The van der Waals surface area contributed by atoms with E-state index in [-0.39, 0.29) is 12.0 Å². The molecule has 5 heteroatoms. The van der Waals surface area contributed by atoms with E-state index in [0.29, 0.717) is 0 Å². The highest BCUT2D eigenvalue weighted by Crippen LogP contribution is 2.16. The van der Waals surface area contributed by atoms with Crippen LogP contribution in [0.25, 0.3) is 0 Å². The number of rotatable bonds is 10. The largest absolute Gasteiger partial charge is 0.468 e. The fourth-order valence-corrected chi connectivity index (χ4v) is 2.28. The van der Waals surface area contributed by atoms with Crippen molar-refractivity contribution in [2.24, 2.45) is 0 Å². The van der Waals surface area contributed by atoms with Crippen molar-refractivity contribution >= 4 is 5.97 Å². The fraction of sp³-hybridized carbons (Fsp3) is 0.933. The Morgan fingerprint density at radius 2 is 1.80 bits per heavy atom. The fourth-order valence-electron chi connectivity index (χ4n) is 2.28. The van der Waals surface area contributed by atoms with E-state index >= 15 is 0 Å². The zero-order valence-corrected chi connectivity index (χ0v) is 14.3. The first-order chi connectivity index (χ1) is 9.21. The summed E-state index contributed by atoms with van der Waals surface area (Å²) in [6.07, 6.45) is 1.75. The first-order valence-electron chi connectivity index (χ1n) is 7.40. The predicted molar refractivity (Wildman–Crippen MR) is 84.0 cm³/mol. The lowest BCUT2D eigenvalue weighted by Gasteiger charge is -2.31. The standard InChI is InChI=1S/C15H33N3O2/c1-13(2)16-15(3,14(19)20-7)9-8-10-18(6)12-11-17(4)5/h13,16H,8-12H2,1-7H3. The number of nitrogens with zero attached hydrogens (tertiary/aromatic N) is 2. The van der Waals surface area contributed by atoms with Crippen LogP contribution < -0.4 is 5.32 Å². The molecule has 0 aromatic carbocycles. The first-order valence-corrected chi connectivity index (χ1v) is 7.40. The summed E-state index contributed by atoms with van der Waals surface area (Å²) in [5.41, 5.74) is -0.592. The molecule has 0 aliphatic heterocycles. The highest BCUT2D eigenvalue weighted by atomic mass is 16.5. The van der Waals surface area contributed by atoms with Gasteiger partial charge in [-0.15, -0.1) is 0 Å². The Morgan fingerprint density at radius 3 is 2.25 bits per heavy atom. The lowest BCUT2D eigenvalue weighted by atomic mass is 9.94. The monoisotopic (exact) mass is 287 g/mol. The maximum atomic E-state index is 12.0. The second-order valence-corrected chi connectivity index (χ2v) is 6.33. The number of carbonyl (C=O) groups is 1. The number of likely N-dealkylation sites (N-methyl/N-ethyl adjacent to an activating group) is 2. The summed E-state index contributed by atoms with van der Waals surface area (Å²) >= 11 is 0. The van der Waals surface area contributed by atoms with Crippen molar-refractivity contribution in [3.63, 3.8) is 0 Å². The summed E-state index contributed by atoms with van der Waals surface area (Å²) in [6, 6.07) is 0.255. The Hall–Kier alpha value is -0.650. The summed E-state index contributed by atoms with van der Waals surface area (Å²) < 4.78 is 4.93. The minimum Gasteiger partial charge on any atom is -0.468 e. The van der Waals surface area contributed by atoms with Crippen LogP contribution in [0.4, 0.5) is 0 Å². The van der Waals surface area contributed by atoms with E-state index in [4.69, 9.17) is 4.74 Å². The molecule has 0 radical (unpaired) electrons. The average molecular weight is 287 g/mol. The lowest BCUT2D eigenvalue weighted by molar-refractivity contribution is -0.148. The van der Waals surface area contributed by atoms with Gasteiger partial charge in [0.15, 0.2) is 0 Å². The van der Waals surface area contributed by atoms with E-state index in [1.165, 1.54) is 7.11 Å². The molecule has 0 saturated carbocycles. The Morgan fingerprint density at radius 1 is 1.20 bits per heavy atom. The Bertz CT molecular complexity index is 282. The smallest absolute Gasteiger partial charge is 0.325 e. The zero-order chi connectivity index (χ0) is 15.8. The number of hydrogen-bond donors (Lipinski definition) is 1. The average Bonchev–Trinajstić information content (AvgIpc) is 2.34. The van der Waals surface area contributed by atoms with Crippen LogP contribution in [0.3, 0.4) is 0 Å². The van der Waals surface area contributed by atoms with Gasteiger partial charge in [0.1, 0.15) is 5.54 Å². The van der Waals surface area contributed by atoms with Gasteiger partial charge in [-0.05, 0) is 61.3 Å². The van der Waals surface area contributed by atoms with Gasteiger partial charge in [0.05, 0.1) is 7.11 Å². The molecular weight excluding hydrogens is 254 g/mol. The van der Waals surface area contributed by atoms with Crippen molar-refractivity contribution < 1.29 is 9.53 Å². The van der Waals surface area contributed by atoms with E-state index in [0.717, 1.165) is 32.5 Å². The van der Waals surface area contributed by atoms with Gasteiger partial charge in [-0.1, -0.05) is 0 Å². The zero-order valence-electron chi connectivity index (χ0n) is 14.3. The van der Waals surface area contributed by atoms with Crippen molar-refractivity contribution in [1.29, 1.82) is 0 Å². The maximum Gasteiger partial charge on any atom is 0.325 e. The van der Waals surface area contributed by atoms with Crippen molar-refractivity contribution in [2.75, 3.05) is 47.9 Å². The summed E-state index contributed by atoms with van der Waals surface area (Å²) in [6.45, 7) is 9.10. The van der Waals surface area contributed by atoms with Crippen LogP contribution in [0.5, 0.6) is 0 Å². The van der Waals surface area contributed by atoms with Gasteiger partial charge >= 0.3 is 5.97 Å². The maximum absolute atomic E-state index is 12.0. The molecule has 0 aliphatic rings. The highest BCUT2D eigenvalue weighted by molar-refractivity contribution is 5.80. The van der Waals surface area contributed by atoms with Crippen LogP contribution in [-0.4, -0.2) is 75.2 Å². The van der Waals surface area contributed by atoms with Crippen molar-refractivity contribution in [3.05, 3.63) is 0 Å². The third kappa shape index (κ3) is 7.82. The van der Waals surface area contributed by atoms with Crippen LogP contribution in [0.1, 0.15) is 33.6 Å². The van der Waals surface area contributed by atoms with Crippen LogP contribution in [0.15, 0.2) is 0 Å². The normalized spacial score (nSPS) is 14.9. The van der Waals surface area contributed by atoms with Crippen LogP contribution in [0, 0.1) is 0 Å². The molecule has 0 fully saturated rings. The predicted octanol–water partition coefficient (Wildman–Crippen LogP) is 1.19. The van der Waals surface area contributed by atoms with Gasteiger partial charge in [-0.3, -0.25) is 10.1 Å². The Kier molecular flexibility index (Phi) is 9.01. The van der Waals surface area contributed by atoms with Crippen LogP contribution in [-0.2, 0) is 9.53 Å². The van der Waals surface area contributed by atoms with E-state index in [1.54, 1.807) is 0 Å². The highest BCUT2D eigenvalue weighted by Gasteiger charge is 2.34. The second kappa shape index (κ2) is 9.32. The number of methoxy groups -OCH3 is 1. The van der Waals surface area contributed by atoms with Gasteiger partial charge in [0, 0.05) is 19.1 Å². The molecule has 0 aromatic heterocycles. The van der Waals surface area contributed by atoms with E-state index in [1.807, 2.05) is 20.8 Å². The number of nitrogens with one attached hydrogen (secondary N) is 1. The summed E-state index contributed by atoms with van der Waals surface area (Å²) in [5.74, 6) is -0.179. The van der Waals surface area contributed by atoms with E-state index in [9.17, 15) is 4.79 Å². The van der Waals surface area contributed by atoms with Gasteiger partial charge in [-0.2, -0.15) is 0 Å². The molecule has 20 heavy (non-hydrogen) atoms. The molecule has 0 saturated heterocycles. The number of carbonyl (C=O) groups excluding carboxylic acids is 1. The van der Waals surface area contributed by atoms with E-state index < -0.39 is 5.54 Å². The Balaban J connectivity index is 4.23. The Labute approximate surface area is 124 Å². The summed E-state index contributed by atoms with van der Waals surface area (Å²) in [5, 5.41) is 3.33. The number of ether oxygens (including phenoxy) is 1. The molecule has 0 rings (SSSR count). The quantitative estimate of drug-likeness (QED) is 0.612. The minimum absolute atomic E-state index is 0.179. The molecule has 0 bridgehead atoms. The lowest BCUT2D eigenvalue weighted by Crippen LogP contribution is -2.53. The molecule has 5 nitrogen and oxygen atoms in total. The van der Waals surface area contributed by atoms with Crippen LogP contribution >= 0.6 is 0 Å². The number of hydrogen-bond acceptors (Lipinski definition) is 5. The molecule has 0 heterocycles. The molecule has 120 valence electrons. The molecule has 0 aliphatic carbocycles. The first kappa shape index (κ1) is 19.4. The van der Waals surface area contributed by atoms with Gasteiger partial charge in [0.2, 0.25) is 0 Å². The summed E-state index contributed by atoms with van der Waals surface area (Å²) in [7, 11) is 7.73. The van der Waals surface area contributed by atoms with Crippen LogP contribution in [0.2, 0.25) is 0 Å². The van der Waals surface area contributed by atoms with E-state index in [2.05, 4.69) is 36.3 Å². The molecule has 0 amide bonds. The van der Waals surface area contributed by atoms with Gasteiger partial charge < -0.3 is 14.5 Å². The molecule has 0 aromatic rings. The van der Waals surface area contributed by atoms with Crippen molar-refractivity contribution in [2.45, 2.75) is 45.2 Å². The molecule has 1 N–H and O–H groups in total. The molecule has 0 spiro atoms. The molecule has 1 unspecified atom stereocenters. The third-order valence-corrected chi connectivity index (χ3v) is 3.39. The van der Waals surface area contributed by atoms with Crippen molar-refractivity contribution in [1.82, 2.24) is 15.1 Å². The second-order valence-electron chi connectivity index (χ2n) is 6.33. The SMILES string of the molecule is COC(=O)C(C)(CCCN(C)CCN(C)C)NC(C)C. The van der Waals surface area contributed by atoms with Crippen molar-refractivity contribution in [3.8, 4) is 0 Å². The molecule has 1 atom stereocenters. The third-order valence-electron chi connectivity index (χ3n) is 3.39. The molecular formula is C15H33N3O2. The van der Waals surface area contributed by atoms with Gasteiger partial charge in [0.25, 0.3) is 0 Å². The minimum atomic E-state index is -0.592.